The van der Waals surface area contributed by atoms with Gasteiger partial charge in [-0.05, 0) is 32.4 Å². The van der Waals surface area contributed by atoms with Gasteiger partial charge in [0.25, 0.3) is 0 Å². The molecule has 0 aliphatic heterocycles. The molecule has 1 atom stereocenters. The van der Waals surface area contributed by atoms with Crippen molar-refractivity contribution in [3.63, 3.8) is 0 Å². The van der Waals surface area contributed by atoms with Gasteiger partial charge in [0.2, 0.25) is 0 Å². The normalized spacial score (nSPS) is 12.3. The minimum absolute atomic E-state index is 0.490. The predicted molar refractivity (Wildman–Crippen MR) is 78.5 cm³/mol. The van der Waals surface area contributed by atoms with Crippen LogP contribution in [0.5, 0.6) is 11.5 Å². The topological polar surface area (TPSA) is 30.5 Å². The molecule has 0 fully saturated rings. The first-order chi connectivity index (χ1) is 8.62. The Balaban J connectivity index is 2.95. The lowest BCUT2D eigenvalue weighted by Crippen LogP contribution is -2.24. The third-order valence-electron chi connectivity index (χ3n) is 2.86. The Morgan fingerprint density at radius 3 is 2.61 bits per heavy atom. The van der Waals surface area contributed by atoms with E-state index in [2.05, 4.69) is 41.2 Å². The molecule has 1 rings (SSSR count). The molecule has 0 aliphatic carbocycles. The first-order valence-corrected chi connectivity index (χ1v) is 7.14. The Morgan fingerprint density at radius 2 is 2.06 bits per heavy atom. The summed E-state index contributed by atoms with van der Waals surface area (Å²) < 4.78 is 12.1. The summed E-state index contributed by atoms with van der Waals surface area (Å²) in [6.07, 6.45) is 1.11. The molecule has 0 spiro atoms. The van der Waals surface area contributed by atoms with Gasteiger partial charge in [-0.1, -0.05) is 22.9 Å². The van der Waals surface area contributed by atoms with Crippen molar-refractivity contribution in [1.82, 2.24) is 5.32 Å². The van der Waals surface area contributed by atoms with E-state index in [1.807, 2.05) is 13.0 Å². The zero-order chi connectivity index (χ0) is 13.5. The molecule has 0 amide bonds. The second-order valence-electron chi connectivity index (χ2n) is 4.22. The molecule has 0 unspecified atom stereocenters. The molecule has 0 heterocycles. The molecule has 18 heavy (non-hydrogen) atoms. The Kier molecular flexibility index (Phi) is 6.50. The van der Waals surface area contributed by atoms with E-state index in [9.17, 15) is 0 Å². The highest BCUT2D eigenvalue weighted by Crippen LogP contribution is 2.34. The van der Waals surface area contributed by atoms with Crippen molar-refractivity contribution in [2.45, 2.75) is 39.8 Å². The van der Waals surface area contributed by atoms with E-state index >= 15 is 0 Å². The van der Waals surface area contributed by atoms with E-state index in [-0.39, 0.29) is 0 Å². The van der Waals surface area contributed by atoms with Crippen LogP contribution in [0.15, 0.2) is 16.6 Å². The predicted octanol–water partition coefficient (Wildman–Crippen LogP) is 3.74. The highest BCUT2D eigenvalue weighted by atomic mass is 79.9. The maximum Gasteiger partial charge on any atom is 0.165 e. The first-order valence-electron chi connectivity index (χ1n) is 6.34. The summed E-state index contributed by atoms with van der Waals surface area (Å²) in [5.41, 5.74) is 1.11. The van der Waals surface area contributed by atoms with E-state index in [1.165, 1.54) is 0 Å². The Labute approximate surface area is 118 Å². The number of benzene rings is 1. The maximum atomic E-state index is 5.69. The van der Waals surface area contributed by atoms with Gasteiger partial charge in [-0.25, -0.2) is 0 Å². The number of hydrogen-bond acceptors (Lipinski definition) is 3. The molecule has 0 radical (unpaired) electrons. The summed E-state index contributed by atoms with van der Waals surface area (Å²) in [6, 6.07) is 4.49. The monoisotopic (exact) mass is 315 g/mol. The van der Waals surface area contributed by atoms with Gasteiger partial charge in [0.1, 0.15) is 0 Å². The molecule has 4 heteroatoms. The average molecular weight is 316 g/mol. The van der Waals surface area contributed by atoms with Crippen LogP contribution in [0.25, 0.3) is 0 Å². The largest absolute Gasteiger partial charge is 0.493 e. The summed E-state index contributed by atoms with van der Waals surface area (Å²) in [4.78, 5) is 0. The fourth-order valence-electron chi connectivity index (χ4n) is 1.64. The third kappa shape index (κ3) is 4.18. The van der Waals surface area contributed by atoms with Crippen LogP contribution in [0.1, 0.15) is 32.8 Å². The summed E-state index contributed by atoms with van der Waals surface area (Å²) in [7, 11) is 1.66. The van der Waals surface area contributed by atoms with Crippen LogP contribution in [0, 0.1) is 0 Å². The number of ether oxygens (including phenoxy) is 2. The highest BCUT2D eigenvalue weighted by Gasteiger charge is 2.12. The second-order valence-corrected chi connectivity index (χ2v) is 5.14. The highest BCUT2D eigenvalue weighted by molar-refractivity contribution is 9.10. The molecule has 0 saturated heterocycles. The van der Waals surface area contributed by atoms with Crippen molar-refractivity contribution < 1.29 is 9.47 Å². The fourth-order valence-corrected chi connectivity index (χ4v) is 2.13. The van der Waals surface area contributed by atoms with Crippen molar-refractivity contribution >= 4 is 15.9 Å². The Morgan fingerprint density at radius 1 is 1.33 bits per heavy atom. The molecule has 102 valence electrons. The quantitative estimate of drug-likeness (QED) is 0.831. The molecule has 1 N–H and O–H groups in total. The minimum atomic E-state index is 0.490. The standard InChI is InChI=1S/C14H22BrNO2/c1-5-10(3)16-9-11-7-12(15)8-13(17-4)14(11)18-6-2/h7-8,10,16H,5-6,9H2,1-4H3/t10-/m1/s1. The van der Waals surface area contributed by atoms with Gasteiger partial charge in [0.15, 0.2) is 11.5 Å². The van der Waals surface area contributed by atoms with E-state index in [0.717, 1.165) is 34.5 Å². The molecule has 1 aromatic rings. The molecule has 3 nitrogen and oxygen atoms in total. The second kappa shape index (κ2) is 7.64. The zero-order valence-electron chi connectivity index (χ0n) is 11.5. The Hall–Kier alpha value is -0.740. The van der Waals surface area contributed by atoms with E-state index in [0.29, 0.717) is 12.6 Å². The smallest absolute Gasteiger partial charge is 0.165 e. The van der Waals surface area contributed by atoms with Gasteiger partial charge in [-0.15, -0.1) is 0 Å². The van der Waals surface area contributed by atoms with Gasteiger partial charge in [0.05, 0.1) is 13.7 Å². The van der Waals surface area contributed by atoms with Crippen LogP contribution in [-0.4, -0.2) is 19.8 Å². The SMILES string of the molecule is CCOc1c(CN[C@H](C)CC)cc(Br)cc1OC. The lowest BCUT2D eigenvalue weighted by atomic mass is 10.1. The maximum absolute atomic E-state index is 5.69. The lowest BCUT2D eigenvalue weighted by Gasteiger charge is -2.17. The molecular weight excluding hydrogens is 294 g/mol. The molecule has 0 aromatic heterocycles. The van der Waals surface area contributed by atoms with Gasteiger partial charge in [-0.2, -0.15) is 0 Å². The van der Waals surface area contributed by atoms with E-state index < -0.39 is 0 Å². The summed E-state index contributed by atoms with van der Waals surface area (Å²) in [5.74, 6) is 1.60. The molecule has 0 saturated carbocycles. The first kappa shape index (κ1) is 15.3. The number of hydrogen-bond donors (Lipinski definition) is 1. The van der Waals surface area contributed by atoms with E-state index in [4.69, 9.17) is 9.47 Å². The number of nitrogens with one attached hydrogen (secondary N) is 1. The third-order valence-corrected chi connectivity index (χ3v) is 3.32. The van der Waals surface area contributed by atoms with Crippen molar-refractivity contribution in [3.8, 4) is 11.5 Å². The number of methoxy groups -OCH3 is 1. The fraction of sp³-hybridized carbons (Fsp3) is 0.571. The van der Waals surface area contributed by atoms with E-state index in [1.54, 1.807) is 7.11 Å². The number of halogens is 1. The number of rotatable bonds is 7. The molecule has 0 bridgehead atoms. The van der Waals surface area contributed by atoms with Crippen molar-refractivity contribution in [2.75, 3.05) is 13.7 Å². The van der Waals surface area contributed by atoms with Crippen molar-refractivity contribution in [3.05, 3.63) is 22.2 Å². The molecular formula is C14H22BrNO2. The zero-order valence-corrected chi connectivity index (χ0v) is 13.1. The summed E-state index contributed by atoms with van der Waals surface area (Å²) in [5, 5.41) is 3.47. The van der Waals surface area contributed by atoms with Gasteiger partial charge < -0.3 is 14.8 Å². The van der Waals surface area contributed by atoms with Crippen molar-refractivity contribution in [1.29, 1.82) is 0 Å². The van der Waals surface area contributed by atoms with Crippen LogP contribution in [0.2, 0.25) is 0 Å². The van der Waals surface area contributed by atoms with Crippen molar-refractivity contribution in [2.24, 2.45) is 0 Å². The van der Waals surface area contributed by atoms with Crippen LogP contribution in [0.3, 0.4) is 0 Å². The van der Waals surface area contributed by atoms with Crippen LogP contribution < -0.4 is 14.8 Å². The van der Waals surface area contributed by atoms with Gasteiger partial charge >= 0.3 is 0 Å². The lowest BCUT2D eigenvalue weighted by molar-refractivity contribution is 0.306. The summed E-state index contributed by atoms with van der Waals surface area (Å²) in [6.45, 7) is 7.74. The summed E-state index contributed by atoms with van der Waals surface area (Å²) >= 11 is 3.50. The molecule has 1 aromatic carbocycles. The van der Waals surface area contributed by atoms with Crippen LogP contribution in [0.4, 0.5) is 0 Å². The molecule has 0 aliphatic rings. The van der Waals surface area contributed by atoms with Gasteiger partial charge in [0, 0.05) is 22.6 Å². The van der Waals surface area contributed by atoms with Crippen LogP contribution in [-0.2, 0) is 6.54 Å². The Bertz CT molecular complexity index is 382. The minimum Gasteiger partial charge on any atom is -0.493 e. The van der Waals surface area contributed by atoms with Gasteiger partial charge in [-0.3, -0.25) is 0 Å². The average Bonchev–Trinajstić information content (AvgIpc) is 2.38. The van der Waals surface area contributed by atoms with Crippen LogP contribution >= 0.6 is 15.9 Å².